The Morgan fingerprint density at radius 2 is 1.87 bits per heavy atom. The lowest BCUT2D eigenvalue weighted by atomic mass is 9.88. The Hall–Kier alpha value is -1.51. The van der Waals surface area contributed by atoms with E-state index in [-0.39, 0.29) is 11.0 Å². The van der Waals surface area contributed by atoms with E-state index in [2.05, 4.69) is 26.8 Å². The van der Waals surface area contributed by atoms with Crippen molar-refractivity contribution in [3.63, 3.8) is 0 Å². The molecule has 0 aliphatic heterocycles. The highest BCUT2D eigenvalue weighted by atomic mass is 16.1. The lowest BCUT2D eigenvalue weighted by Gasteiger charge is -2.19. The molecule has 0 fully saturated rings. The molecular weight excluding hydrogens is 188 g/mol. The molecule has 0 aliphatic rings. The molecule has 0 amide bonds. The van der Waals surface area contributed by atoms with Crippen LogP contribution in [-0.4, -0.2) is 9.20 Å². The zero-order valence-corrected chi connectivity index (χ0v) is 9.61. The molecule has 3 heteroatoms. The number of pyridine rings is 1. The quantitative estimate of drug-likeness (QED) is 0.644. The predicted molar refractivity (Wildman–Crippen MR) is 61.3 cm³/mol. The first-order valence-electron chi connectivity index (χ1n) is 5.08. The van der Waals surface area contributed by atoms with Crippen molar-refractivity contribution in [1.82, 2.24) is 9.20 Å². The van der Waals surface area contributed by atoms with Gasteiger partial charge in [0, 0.05) is 19.3 Å². The van der Waals surface area contributed by atoms with Gasteiger partial charge in [-0.1, -0.05) is 26.8 Å². The molecule has 2 aromatic rings. The highest BCUT2D eigenvalue weighted by molar-refractivity contribution is 5.47. The smallest absolute Gasteiger partial charge is 0.267 e. The Balaban J connectivity index is 2.75. The lowest BCUT2D eigenvalue weighted by Crippen LogP contribution is -2.16. The van der Waals surface area contributed by atoms with Gasteiger partial charge in [-0.3, -0.25) is 9.31 Å². The van der Waals surface area contributed by atoms with Crippen LogP contribution in [0.3, 0.4) is 0 Å². The molecule has 2 aromatic heterocycles. The first kappa shape index (κ1) is 10.0. The molecule has 0 saturated heterocycles. The first-order chi connectivity index (χ1) is 6.89. The number of hydrogen-bond donors (Lipinski definition) is 0. The topological polar surface area (TPSA) is 26.4 Å². The molecule has 0 N–H and O–H groups in total. The molecule has 0 aromatic carbocycles. The maximum atomic E-state index is 11.4. The van der Waals surface area contributed by atoms with E-state index >= 15 is 0 Å². The Bertz CT molecular complexity index is 555. The number of hydrogen-bond acceptors (Lipinski definition) is 1. The molecule has 0 spiro atoms. The highest BCUT2D eigenvalue weighted by Gasteiger charge is 2.14. The van der Waals surface area contributed by atoms with Crippen LogP contribution >= 0.6 is 0 Å². The zero-order valence-electron chi connectivity index (χ0n) is 9.61. The van der Waals surface area contributed by atoms with Gasteiger partial charge in [0.15, 0.2) is 0 Å². The Morgan fingerprint density at radius 1 is 1.20 bits per heavy atom. The summed E-state index contributed by atoms with van der Waals surface area (Å²) < 4.78 is 3.51. The minimum Gasteiger partial charge on any atom is -0.268 e. The van der Waals surface area contributed by atoms with Crippen LogP contribution < -0.4 is 5.56 Å². The zero-order chi connectivity index (χ0) is 11.2. The van der Waals surface area contributed by atoms with Crippen molar-refractivity contribution in [2.75, 3.05) is 0 Å². The lowest BCUT2D eigenvalue weighted by molar-refractivity contribution is 0.576. The standard InChI is InChI=1S/C12H16N2O/c1-12(2,3)9-5-6-10-7-11(15)13(4)14(10)8-9/h5-8H,1-4H3. The fraction of sp³-hybridized carbons (Fsp3) is 0.417. The van der Waals surface area contributed by atoms with Crippen molar-refractivity contribution < 1.29 is 0 Å². The predicted octanol–water partition coefficient (Wildman–Crippen LogP) is 1.94. The van der Waals surface area contributed by atoms with Crippen molar-refractivity contribution in [2.45, 2.75) is 26.2 Å². The third kappa shape index (κ3) is 1.58. The van der Waals surface area contributed by atoms with Gasteiger partial charge in [-0.2, -0.15) is 0 Å². The molecule has 15 heavy (non-hydrogen) atoms. The number of nitrogens with zero attached hydrogens (tertiary/aromatic N) is 2. The molecule has 0 bridgehead atoms. The second-order valence-corrected chi connectivity index (χ2v) is 4.94. The maximum absolute atomic E-state index is 11.4. The molecular formula is C12H16N2O. The molecule has 0 unspecified atom stereocenters. The van der Waals surface area contributed by atoms with Crippen molar-refractivity contribution in [3.8, 4) is 0 Å². The summed E-state index contributed by atoms with van der Waals surface area (Å²) in [6.07, 6.45) is 2.02. The van der Waals surface area contributed by atoms with E-state index in [1.165, 1.54) is 5.56 Å². The van der Waals surface area contributed by atoms with E-state index in [4.69, 9.17) is 0 Å². The van der Waals surface area contributed by atoms with Crippen molar-refractivity contribution in [2.24, 2.45) is 7.05 Å². The summed E-state index contributed by atoms with van der Waals surface area (Å²) in [5.74, 6) is 0. The van der Waals surface area contributed by atoms with Gasteiger partial charge < -0.3 is 0 Å². The SMILES string of the molecule is Cn1c(=O)cc2ccc(C(C)(C)C)cn21. The van der Waals surface area contributed by atoms with Gasteiger partial charge in [0.1, 0.15) is 0 Å². The average molecular weight is 204 g/mol. The monoisotopic (exact) mass is 204 g/mol. The van der Waals surface area contributed by atoms with E-state index in [0.717, 1.165) is 5.52 Å². The van der Waals surface area contributed by atoms with Gasteiger partial charge in [0.25, 0.3) is 5.56 Å². The van der Waals surface area contributed by atoms with Gasteiger partial charge in [0.2, 0.25) is 0 Å². The van der Waals surface area contributed by atoms with E-state index in [9.17, 15) is 4.79 Å². The van der Waals surface area contributed by atoms with E-state index in [1.54, 1.807) is 17.8 Å². The summed E-state index contributed by atoms with van der Waals surface area (Å²) in [7, 11) is 1.78. The Morgan fingerprint density at radius 3 is 2.47 bits per heavy atom. The fourth-order valence-electron chi connectivity index (χ4n) is 1.64. The summed E-state index contributed by atoms with van der Waals surface area (Å²) in [6.45, 7) is 6.49. The number of aryl methyl sites for hydroxylation is 1. The maximum Gasteiger partial charge on any atom is 0.267 e. The fourth-order valence-corrected chi connectivity index (χ4v) is 1.64. The van der Waals surface area contributed by atoms with Crippen LogP contribution in [0.2, 0.25) is 0 Å². The molecule has 2 heterocycles. The third-order valence-corrected chi connectivity index (χ3v) is 2.74. The molecule has 0 radical (unpaired) electrons. The summed E-state index contributed by atoms with van der Waals surface area (Å²) in [5.41, 5.74) is 2.30. The third-order valence-electron chi connectivity index (χ3n) is 2.74. The molecule has 0 saturated carbocycles. The van der Waals surface area contributed by atoms with Gasteiger partial charge >= 0.3 is 0 Å². The summed E-state index contributed by atoms with van der Waals surface area (Å²) in [6, 6.07) is 5.71. The molecule has 0 aliphatic carbocycles. The van der Waals surface area contributed by atoms with Crippen LogP contribution in [0.4, 0.5) is 0 Å². The number of aromatic nitrogens is 2. The highest BCUT2D eigenvalue weighted by Crippen LogP contribution is 2.21. The summed E-state index contributed by atoms with van der Waals surface area (Å²) in [4.78, 5) is 11.4. The minimum atomic E-state index is 0.0288. The first-order valence-corrected chi connectivity index (χ1v) is 5.08. The van der Waals surface area contributed by atoms with Crippen LogP contribution in [-0.2, 0) is 12.5 Å². The Labute approximate surface area is 88.9 Å². The van der Waals surface area contributed by atoms with Crippen LogP contribution in [0.15, 0.2) is 29.2 Å². The van der Waals surface area contributed by atoms with E-state index < -0.39 is 0 Å². The second-order valence-electron chi connectivity index (χ2n) is 4.94. The molecule has 3 nitrogen and oxygen atoms in total. The van der Waals surface area contributed by atoms with Gasteiger partial charge in [0.05, 0.1) is 5.52 Å². The summed E-state index contributed by atoms with van der Waals surface area (Å²) >= 11 is 0. The van der Waals surface area contributed by atoms with Crippen LogP contribution in [0.1, 0.15) is 26.3 Å². The summed E-state index contributed by atoms with van der Waals surface area (Å²) in [5, 5.41) is 0. The van der Waals surface area contributed by atoms with Gasteiger partial charge in [-0.25, -0.2) is 4.68 Å². The Kier molecular flexibility index (Phi) is 2.00. The van der Waals surface area contributed by atoms with E-state index in [0.29, 0.717) is 0 Å². The number of rotatable bonds is 0. The molecule has 80 valence electrons. The molecule has 2 rings (SSSR count). The average Bonchev–Trinajstić information content (AvgIpc) is 2.41. The number of fused-ring (bicyclic) bond motifs is 1. The van der Waals surface area contributed by atoms with Crippen molar-refractivity contribution >= 4 is 5.52 Å². The molecule has 0 atom stereocenters. The van der Waals surface area contributed by atoms with Crippen LogP contribution in [0.5, 0.6) is 0 Å². The minimum absolute atomic E-state index is 0.0288. The normalized spacial score (nSPS) is 12.3. The van der Waals surface area contributed by atoms with Gasteiger partial charge in [-0.05, 0) is 17.0 Å². The largest absolute Gasteiger partial charge is 0.268 e. The van der Waals surface area contributed by atoms with E-state index in [1.807, 2.05) is 16.8 Å². The van der Waals surface area contributed by atoms with Crippen molar-refractivity contribution in [1.29, 1.82) is 0 Å². The van der Waals surface area contributed by atoms with Crippen LogP contribution in [0.25, 0.3) is 5.52 Å². The van der Waals surface area contributed by atoms with Crippen LogP contribution in [0, 0.1) is 0 Å². The van der Waals surface area contributed by atoms with Crippen molar-refractivity contribution in [3.05, 3.63) is 40.3 Å². The van der Waals surface area contributed by atoms with Gasteiger partial charge in [-0.15, -0.1) is 0 Å². The second kappa shape index (κ2) is 2.99.